The van der Waals surface area contributed by atoms with E-state index in [1.807, 2.05) is 36.2 Å². The highest BCUT2D eigenvalue weighted by molar-refractivity contribution is 7.99. The van der Waals surface area contributed by atoms with E-state index in [1.54, 1.807) is 23.1 Å². The first-order chi connectivity index (χ1) is 11.9. The normalized spacial score (nSPS) is 16.7. The Balaban J connectivity index is 1.83. The molecule has 1 fully saturated rings. The van der Waals surface area contributed by atoms with E-state index in [2.05, 4.69) is 10.3 Å². The Labute approximate surface area is 159 Å². The van der Waals surface area contributed by atoms with Crippen LogP contribution in [0.15, 0.2) is 29.3 Å². The molecule has 0 saturated carbocycles. The van der Waals surface area contributed by atoms with E-state index in [9.17, 15) is 8.42 Å². The molecule has 0 unspecified atom stereocenters. The maximum Gasteiger partial charge on any atom is 0.215 e. The molecule has 0 radical (unpaired) electrons. The number of nitrogens with zero attached hydrogens (tertiary/aromatic N) is 3. The predicted molar refractivity (Wildman–Crippen MR) is 107 cm³/mol. The van der Waals surface area contributed by atoms with Crippen LogP contribution in [0.25, 0.3) is 0 Å². The third-order valence-electron chi connectivity index (χ3n) is 3.91. The number of sulfonamides is 1. The van der Waals surface area contributed by atoms with E-state index < -0.39 is 10.0 Å². The van der Waals surface area contributed by atoms with Gasteiger partial charge in [-0.05, 0) is 17.7 Å². The summed E-state index contributed by atoms with van der Waals surface area (Å²) in [7, 11) is 0.401. The minimum atomic E-state index is -3.21. The third-order valence-corrected chi connectivity index (χ3v) is 6.98. The van der Waals surface area contributed by atoms with Crippen molar-refractivity contribution in [3.8, 4) is 0 Å². The molecule has 0 atom stereocenters. The maximum absolute atomic E-state index is 12.4. The number of benzene rings is 1. The number of thioether (sulfide) groups is 1. The molecule has 1 N–H and O–H groups in total. The fourth-order valence-electron chi connectivity index (χ4n) is 2.57. The van der Waals surface area contributed by atoms with Crippen LogP contribution in [0.3, 0.4) is 0 Å². The van der Waals surface area contributed by atoms with Gasteiger partial charge in [0.05, 0.1) is 5.75 Å². The number of nitrogens with one attached hydrogen (secondary N) is 1. The number of hydrogen-bond donors (Lipinski definition) is 1. The van der Waals surface area contributed by atoms with Gasteiger partial charge in [0.1, 0.15) is 0 Å². The molecule has 140 valence electrons. The molecule has 1 aliphatic heterocycles. The molecule has 0 amide bonds. The highest BCUT2D eigenvalue weighted by atomic mass is 35.5. The van der Waals surface area contributed by atoms with Crippen LogP contribution in [0.1, 0.15) is 5.56 Å². The zero-order valence-corrected chi connectivity index (χ0v) is 17.0. The molecule has 0 aromatic heterocycles. The summed E-state index contributed by atoms with van der Waals surface area (Å²) in [4.78, 5) is 6.18. The largest absolute Gasteiger partial charge is 0.355 e. The Hall–Kier alpha value is -0.960. The predicted octanol–water partition coefficient (Wildman–Crippen LogP) is 1.73. The summed E-state index contributed by atoms with van der Waals surface area (Å²) in [6.07, 6.45) is 0. The van der Waals surface area contributed by atoms with Gasteiger partial charge >= 0.3 is 0 Å². The number of rotatable bonds is 6. The van der Waals surface area contributed by atoms with Crippen molar-refractivity contribution in [3.63, 3.8) is 0 Å². The standard InChI is InChI=1S/C16H25ClN4O2S2/c1-18-16(20(2)13-14-3-5-15(17)6-4-14)19-7-12-25(22,23)21-8-10-24-11-9-21/h3-6H,7-13H2,1-2H3,(H,18,19). The Morgan fingerprint density at radius 3 is 2.56 bits per heavy atom. The van der Waals surface area contributed by atoms with Crippen LogP contribution in [-0.4, -0.2) is 74.6 Å². The van der Waals surface area contributed by atoms with Crippen molar-refractivity contribution < 1.29 is 8.42 Å². The van der Waals surface area contributed by atoms with Gasteiger partial charge in [0.15, 0.2) is 5.96 Å². The van der Waals surface area contributed by atoms with Crippen molar-refractivity contribution in [3.05, 3.63) is 34.9 Å². The monoisotopic (exact) mass is 404 g/mol. The molecular formula is C16H25ClN4O2S2. The SMILES string of the molecule is CN=C(NCCS(=O)(=O)N1CCSCC1)N(C)Cc1ccc(Cl)cc1. The first-order valence-electron chi connectivity index (χ1n) is 8.14. The van der Waals surface area contributed by atoms with Crippen LogP contribution < -0.4 is 5.32 Å². The smallest absolute Gasteiger partial charge is 0.215 e. The molecule has 1 saturated heterocycles. The van der Waals surface area contributed by atoms with Gasteiger partial charge in [-0.3, -0.25) is 4.99 Å². The maximum atomic E-state index is 12.4. The van der Waals surface area contributed by atoms with E-state index in [4.69, 9.17) is 11.6 Å². The Kier molecular flexibility index (Phi) is 7.86. The molecule has 1 aromatic carbocycles. The number of aliphatic imine (C=N–C) groups is 1. The van der Waals surface area contributed by atoms with E-state index in [1.165, 1.54) is 0 Å². The molecule has 6 nitrogen and oxygen atoms in total. The third kappa shape index (κ3) is 6.36. The number of halogens is 1. The van der Waals surface area contributed by atoms with Gasteiger partial charge in [0, 0.05) is 56.8 Å². The van der Waals surface area contributed by atoms with Gasteiger partial charge in [-0.1, -0.05) is 23.7 Å². The first kappa shape index (κ1) is 20.4. The van der Waals surface area contributed by atoms with Crippen molar-refractivity contribution >= 4 is 39.3 Å². The zero-order valence-electron chi connectivity index (χ0n) is 14.6. The van der Waals surface area contributed by atoms with Crippen molar-refractivity contribution in [1.82, 2.24) is 14.5 Å². The summed E-state index contributed by atoms with van der Waals surface area (Å²) < 4.78 is 26.3. The van der Waals surface area contributed by atoms with Gasteiger partial charge in [-0.2, -0.15) is 11.8 Å². The highest BCUT2D eigenvalue weighted by Gasteiger charge is 2.23. The highest BCUT2D eigenvalue weighted by Crippen LogP contribution is 2.13. The molecule has 25 heavy (non-hydrogen) atoms. The lowest BCUT2D eigenvalue weighted by Gasteiger charge is -2.26. The van der Waals surface area contributed by atoms with Crippen LogP contribution in [0, 0.1) is 0 Å². The van der Waals surface area contributed by atoms with Gasteiger partial charge in [-0.25, -0.2) is 12.7 Å². The molecule has 1 aromatic rings. The van der Waals surface area contributed by atoms with Crippen molar-refractivity contribution in [2.45, 2.75) is 6.54 Å². The Morgan fingerprint density at radius 1 is 1.32 bits per heavy atom. The second-order valence-electron chi connectivity index (χ2n) is 5.78. The second-order valence-corrected chi connectivity index (χ2v) is 9.53. The number of hydrogen-bond acceptors (Lipinski definition) is 4. The minimum absolute atomic E-state index is 0.0749. The quantitative estimate of drug-likeness (QED) is 0.577. The minimum Gasteiger partial charge on any atom is -0.355 e. The van der Waals surface area contributed by atoms with E-state index in [0.29, 0.717) is 37.2 Å². The van der Waals surface area contributed by atoms with Crippen LogP contribution in [-0.2, 0) is 16.6 Å². The van der Waals surface area contributed by atoms with Crippen molar-refractivity contribution in [2.24, 2.45) is 4.99 Å². The second kappa shape index (κ2) is 9.66. The lowest BCUT2D eigenvalue weighted by atomic mass is 10.2. The van der Waals surface area contributed by atoms with E-state index in [-0.39, 0.29) is 5.75 Å². The summed E-state index contributed by atoms with van der Waals surface area (Å²) in [5, 5.41) is 3.84. The van der Waals surface area contributed by atoms with Crippen molar-refractivity contribution in [2.75, 3.05) is 51.0 Å². The topological polar surface area (TPSA) is 65.0 Å². The molecule has 9 heteroatoms. The van der Waals surface area contributed by atoms with Gasteiger partial charge < -0.3 is 10.2 Å². The Bertz CT molecular complexity index is 674. The van der Waals surface area contributed by atoms with Crippen LogP contribution in [0.5, 0.6) is 0 Å². The van der Waals surface area contributed by atoms with E-state index >= 15 is 0 Å². The first-order valence-corrected chi connectivity index (χ1v) is 11.3. The van der Waals surface area contributed by atoms with E-state index in [0.717, 1.165) is 17.1 Å². The average molecular weight is 405 g/mol. The summed E-state index contributed by atoms with van der Waals surface area (Å²) in [6, 6.07) is 7.63. The molecule has 1 heterocycles. The summed E-state index contributed by atoms with van der Waals surface area (Å²) in [5.74, 6) is 2.49. The van der Waals surface area contributed by atoms with Gasteiger partial charge in [0.25, 0.3) is 0 Å². The van der Waals surface area contributed by atoms with Crippen molar-refractivity contribution in [1.29, 1.82) is 0 Å². The molecule has 0 aliphatic carbocycles. The molecule has 0 spiro atoms. The van der Waals surface area contributed by atoms with Crippen LogP contribution >= 0.6 is 23.4 Å². The van der Waals surface area contributed by atoms with Gasteiger partial charge in [-0.15, -0.1) is 0 Å². The Morgan fingerprint density at radius 2 is 1.96 bits per heavy atom. The summed E-state index contributed by atoms with van der Waals surface area (Å²) in [5.41, 5.74) is 1.10. The molecular weight excluding hydrogens is 380 g/mol. The fourth-order valence-corrected chi connectivity index (χ4v) is 5.19. The zero-order chi connectivity index (χ0) is 18.3. The molecule has 2 rings (SSSR count). The number of guanidine groups is 1. The lowest BCUT2D eigenvalue weighted by Crippen LogP contribution is -2.44. The van der Waals surface area contributed by atoms with Crippen LogP contribution in [0.2, 0.25) is 5.02 Å². The molecule has 1 aliphatic rings. The molecule has 0 bridgehead atoms. The summed E-state index contributed by atoms with van der Waals surface area (Å²) in [6.45, 7) is 2.22. The lowest BCUT2D eigenvalue weighted by molar-refractivity contribution is 0.442. The summed E-state index contributed by atoms with van der Waals surface area (Å²) >= 11 is 7.70. The van der Waals surface area contributed by atoms with Crippen LogP contribution in [0.4, 0.5) is 0 Å². The fraction of sp³-hybridized carbons (Fsp3) is 0.562. The van der Waals surface area contributed by atoms with Gasteiger partial charge in [0.2, 0.25) is 10.0 Å². The average Bonchev–Trinajstić information content (AvgIpc) is 2.61.